The van der Waals surface area contributed by atoms with Crippen LogP contribution in [0.4, 0.5) is 16.2 Å². The van der Waals surface area contributed by atoms with Gasteiger partial charge in [-0.1, -0.05) is 30.0 Å². The van der Waals surface area contributed by atoms with Gasteiger partial charge in [-0.2, -0.15) is 0 Å². The number of methoxy groups -OCH3 is 1. The van der Waals surface area contributed by atoms with Gasteiger partial charge in [0.25, 0.3) is 0 Å². The minimum atomic E-state index is -1.45. The number of aliphatic hydroxyl groups excluding tert-OH is 1. The SMILES string of the molecule is COCCC(=O)N1C[C@@H](O)[C@@H](C2(C(N)=O)Sc3nccc4c3C2NC(=O)N4c2ccc(Oc3ccccc3)cc2C)C1. The van der Waals surface area contributed by atoms with Crippen molar-refractivity contribution in [1.29, 1.82) is 0 Å². The first kappa shape index (κ1) is 28.0. The number of aromatic nitrogens is 1. The summed E-state index contributed by atoms with van der Waals surface area (Å²) in [6.45, 7) is 2.31. The lowest BCUT2D eigenvalue weighted by Gasteiger charge is -2.42. The second-order valence-corrected chi connectivity index (χ2v) is 11.9. The van der Waals surface area contributed by atoms with E-state index in [2.05, 4.69) is 10.3 Å². The third-order valence-electron chi connectivity index (χ3n) is 8.11. The second-order valence-electron chi connectivity index (χ2n) is 10.6. The Bertz CT molecular complexity index is 1550. The van der Waals surface area contributed by atoms with Crippen LogP contribution in [0.5, 0.6) is 11.5 Å². The van der Waals surface area contributed by atoms with Crippen molar-refractivity contribution in [3.05, 3.63) is 71.9 Å². The Kier molecular flexibility index (Phi) is 7.29. The monoisotopic (exact) mass is 589 g/mol. The molecule has 2 unspecified atom stereocenters. The van der Waals surface area contributed by atoms with E-state index in [0.29, 0.717) is 33.5 Å². The molecule has 4 atom stereocenters. The van der Waals surface area contributed by atoms with Gasteiger partial charge in [0.15, 0.2) is 0 Å². The zero-order valence-electron chi connectivity index (χ0n) is 23.1. The third-order valence-corrected chi connectivity index (χ3v) is 9.71. The quantitative estimate of drug-likeness (QED) is 0.363. The van der Waals surface area contributed by atoms with E-state index in [1.807, 2.05) is 49.4 Å². The molecule has 3 aliphatic heterocycles. The topological polar surface area (TPSA) is 147 Å². The number of nitrogens with zero attached hydrogens (tertiary/aromatic N) is 3. The largest absolute Gasteiger partial charge is 0.457 e. The Morgan fingerprint density at radius 2 is 1.93 bits per heavy atom. The van der Waals surface area contributed by atoms with Gasteiger partial charge < -0.3 is 30.5 Å². The molecule has 1 aromatic heterocycles. The number of aliphatic hydroxyl groups is 1. The molecule has 0 aliphatic carbocycles. The molecule has 6 rings (SSSR count). The molecule has 4 heterocycles. The minimum Gasteiger partial charge on any atom is -0.457 e. The number of carbonyl (C=O) groups is 3. The van der Waals surface area contributed by atoms with E-state index in [-0.39, 0.29) is 32.0 Å². The van der Waals surface area contributed by atoms with Gasteiger partial charge >= 0.3 is 6.03 Å². The standard InChI is InChI=1S/C30H31N5O6S/c1-17-14-19(41-18-6-4-3-5-7-18)8-9-21(17)35-22-10-12-32-27-25(22)26(33-29(35)39)30(42-27,28(31)38)20-15-34(16-23(20)36)24(37)11-13-40-2/h3-10,12,14,20,23,26,36H,11,13,15-16H2,1-2H3,(H2,31,38)(H,33,39)/t20-,23+,26?,30?/m0/s1. The molecule has 218 valence electrons. The van der Waals surface area contributed by atoms with Crippen LogP contribution in [0.25, 0.3) is 0 Å². The molecule has 0 saturated carbocycles. The number of carbonyl (C=O) groups excluding carboxylic acids is 3. The predicted molar refractivity (Wildman–Crippen MR) is 156 cm³/mol. The highest BCUT2D eigenvalue weighted by Gasteiger charge is 2.63. The van der Waals surface area contributed by atoms with Gasteiger partial charge in [0.2, 0.25) is 11.8 Å². The van der Waals surface area contributed by atoms with Gasteiger partial charge in [0.1, 0.15) is 21.3 Å². The fourth-order valence-electron chi connectivity index (χ4n) is 6.13. The summed E-state index contributed by atoms with van der Waals surface area (Å²) < 4.78 is 9.54. The number of likely N-dealkylation sites (tertiary alicyclic amines) is 1. The van der Waals surface area contributed by atoms with Crippen molar-refractivity contribution in [2.24, 2.45) is 11.7 Å². The normalized spacial score (nSPS) is 24.4. The number of primary amides is 1. The number of para-hydroxylation sites is 1. The summed E-state index contributed by atoms with van der Waals surface area (Å²) in [6.07, 6.45) is 0.723. The van der Waals surface area contributed by atoms with Crippen molar-refractivity contribution < 1.29 is 29.0 Å². The van der Waals surface area contributed by atoms with Gasteiger partial charge in [-0.15, -0.1) is 0 Å². The smallest absolute Gasteiger partial charge is 0.327 e. The number of nitrogens with two attached hydrogens (primary N) is 1. The van der Waals surface area contributed by atoms with E-state index in [1.165, 1.54) is 12.0 Å². The molecule has 0 bridgehead atoms. The molecule has 4 amide bonds. The highest BCUT2D eigenvalue weighted by Crippen LogP contribution is 2.60. The number of anilines is 2. The van der Waals surface area contributed by atoms with Crippen LogP contribution < -0.4 is 20.7 Å². The maximum absolute atomic E-state index is 13.8. The summed E-state index contributed by atoms with van der Waals surface area (Å²) in [6, 6.07) is 15.3. The van der Waals surface area contributed by atoms with Crippen LogP contribution in [0.1, 0.15) is 23.6 Å². The molecule has 0 radical (unpaired) electrons. The highest BCUT2D eigenvalue weighted by molar-refractivity contribution is 8.01. The van der Waals surface area contributed by atoms with Crippen LogP contribution in [0.3, 0.4) is 0 Å². The van der Waals surface area contributed by atoms with Gasteiger partial charge in [-0.25, -0.2) is 9.78 Å². The Labute approximate surface area is 247 Å². The van der Waals surface area contributed by atoms with Crippen LogP contribution in [0.2, 0.25) is 0 Å². The Hall–Kier alpha value is -4.13. The van der Waals surface area contributed by atoms with Crippen molar-refractivity contribution in [2.45, 2.75) is 35.3 Å². The van der Waals surface area contributed by atoms with E-state index in [4.69, 9.17) is 15.2 Å². The first-order valence-corrected chi connectivity index (χ1v) is 14.4. The van der Waals surface area contributed by atoms with Gasteiger partial charge in [-0.05, 0) is 48.9 Å². The summed E-state index contributed by atoms with van der Waals surface area (Å²) in [5.74, 6) is -0.291. The first-order chi connectivity index (χ1) is 20.2. The van der Waals surface area contributed by atoms with Crippen LogP contribution in [0, 0.1) is 12.8 Å². The van der Waals surface area contributed by atoms with Crippen LogP contribution in [0.15, 0.2) is 65.8 Å². The van der Waals surface area contributed by atoms with Crippen molar-refractivity contribution in [1.82, 2.24) is 15.2 Å². The lowest BCUT2D eigenvalue weighted by molar-refractivity contribution is -0.131. The Morgan fingerprint density at radius 1 is 1.14 bits per heavy atom. The third kappa shape index (κ3) is 4.55. The summed E-state index contributed by atoms with van der Waals surface area (Å²) in [5, 5.41) is 14.7. The van der Waals surface area contributed by atoms with E-state index in [0.717, 1.165) is 17.3 Å². The fourth-order valence-corrected chi connectivity index (χ4v) is 7.68. The number of aryl methyl sites for hydroxylation is 1. The molecule has 4 N–H and O–H groups in total. The Morgan fingerprint density at radius 3 is 2.64 bits per heavy atom. The average molecular weight is 590 g/mol. The maximum atomic E-state index is 13.8. The fraction of sp³-hybridized carbons (Fsp3) is 0.333. The highest BCUT2D eigenvalue weighted by atomic mass is 32.2. The van der Waals surface area contributed by atoms with Crippen LogP contribution >= 0.6 is 11.8 Å². The molecule has 0 spiro atoms. The summed E-state index contributed by atoms with van der Waals surface area (Å²) in [4.78, 5) is 47.5. The number of benzene rings is 2. The van der Waals surface area contributed by atoms with Crippen molar-refractivity contribution in [3.63, 3.8) is 0 Å². The molecule has 12 heteroatoms. The molecule has 1 saturated heterocycles. The number of rotatable bonds is 8. The minimum absolute atomic E-state index is 0.0584. The number of hydrogen-bond donors (Lipinski definition) is 3. The van der Waals surface area contributed by atoms with Crippen molar-refractivity contribution in [2.75, 3.05) is 31.7 Å². The number of ether oxygens (including phenoxy) is 2. The molecule has 1 fully saturated rings. The number of hydrogen-bond acceptors (Lipinski definition) is 8. The summed E-state index contributed by atoms with van der Waals surface area (Å²) in [5.41, 5.74) is 8.75. The zero-order chi connectivity index (χ0) is 29.6. The molecule has 2 aromatic carbocycles. The average Bonchev–Trinajstić information content (AvgIpc) is 3.52. The number of thioether (sulfide) groups is 1. The number of nitrogens with one attached hydrogen (secondary N) is 1. The van der Waals surface area contributed by atoms with Gasteiger partial charge in [0.05, 0.1) is 36.5 Å². The zero-order valence-corrected chi connectivity index (χ0v) is 24.0. The maximum Gasteiger partial charge on any atom is 0.327 e. The first-order valence-electron chi connectivity index (χ1n) is 13.6. The summed E-state index contributed by atoms with van der Waals surface area (Å²) in [7, 11) is 1.51. The van der Waals surface area contributed by atoms with E-state index >= 15 is 0 Å². The van der Waals surface area contributed by atoms with E-state index in [9.17, 15) is 19.5 Å². The lowest BCUT2D eigenvalue weighted by Crippen LogP contribution is -2.60. The number of amides is 4. The van der Waals surface area contributed by atoms with Gasteiger partial charge in [0, 0.05) is 37.9 Å². The number of pyridine rings is 1. The molecular formula is C30H31N5O6S. The van der Waals surface area contributed by atoms with E-state index in [1.54, 1.807) is 23.2 Å². The molecular weight excluding hydrogens is 558 g/mol. The van der Waals surface area contributed by atoms with Crippen LogP contribution in [-0.4, -0.2) is 70.5 Å². The Balaban J connectivity index is 1.34. The van der Waals surface area contributed by atoms with Crippen molar-refractivity contribution >= 4 is 41.0 Å². The van der Waals surface area contributed by atoms with Gasteiger partial charge in [-0.3, -0.25) is 14.5 Å². The predicted octanol–water partition coefficient (Wildman–Crippen LogP) is 3.27. The molecule has 3 aliphatic rings. The van der Waals surface area contributed by atoms with E-state index < -0.39 is 34.7 Å². The number of urea groups is 1. The summed E-state index contributed by atoms with van der Waals surface area (Å²) >= 11 is 1.15. The van der Waals surface area contributed by atoms with Crippen LogP contribution in [-0.2, 0) is 14.3 Å². The second kappa shape index (κ2) is 10.9. The lowest BCUT2D eigenvalue weighted by atomic mass is 9.78. The molecule has 3 aromatic rings. The molecule has 42 heavy (non-hydrogen) atoms. The molecule has 11 nitrogen and oxygen atoms in total. The number of β-amino-alcohol motifs (C(OH)–C–C–N with tert-alkyl or cyclic N) is 1. The van der Waals surface area contributed by atoms with Crippen molar-refractivity contribution in [3.8, 4) is 11.5 Å².